The van der Waals surface area contributed by atoms with Gasteiger partial charge >= 0.3 is 0 Å². The first-order chi connectivity index (χ1) is 13.3. The Labute approximate surface area is 160 Å². The predicted molar refractivity (Wildman–Crippen MR) is 106 cm³/mol. The molecule has 5 rings (SSSR count). The number of benzene rings is 1. The summed E-state index contributed by atoms with van der Waals surface area (Å²) in [6, 6.07) is 14.1. The topological polar surface area (TPSA) is 70.9 Å². The van der Waals surface area contributed by atoms with Gasteiger partial charge in [-0.05, 0) is 42.3 Å². The van der Waals surface area contributed by atoms with E-state index in [9.17, 15) is 4.79 Å². The van der Waals surface area contributed by atoms with Crippen molar-refractivity contribution in [1.29, 1.82) is 0 Å². The summed E-state index contributed by atoms with van der Waals surface area (Å²) in [7, 11) is 0. The zero-order chi connectivity index (χ0) is 18.3. The van der Waals surface area contributed by atoms with E-state index in [1.54, 1.807) is 11.3 Å². The zero-order valence-corrected chi connectivity index (χ0v) is 15.5. The number of aromatic nitrogens is 2. The summed E-state index contributed by atoms with van der Waals surface area (Å²) < 4.78 is 5.47. The van der Waals surface area contributed by atoms with E-state index < -0.39 is 5.41 Å². The quantitative estimate of drug-likeness (QED) is 0.527. The number of H-pyrrole nitrogens is 1. The van der Waals surface area contributed by atoms with Crippen LogP contribution in [-0.4, -0.2) is 22.6 Å². The first kappa shape index (κ1) is 16.3. The molecule has 1 aromatic carbocycles. The van der Waals surface area contributed by atoms with Crippen LogP contribution < -0.4 is 5.32 Å². The third-order valence-electron chi connectivity index (χ3n) is 5.30. The smallest absolute Gasteiger partial charge is 0.232 e. The van der Waals surface area contributed by atoms with E-state index in [1.807, 2.05) is 41.9 Å². The van der Waals surface area contributed by atoms with Crippen LogP contribution in [0.4, 0.5) is 0 Å². The number of rotatable bonds is 6. The van der Waals surface area contributed by atoms with E-state index in [-0.39, 0.29) is 5.91 Å². The minimum absolute atomic E-state index is 0.0494. The first-order valence-electron chi connectivity index (χ1n) is 9.11. The third-order valence-corrected chi connectivity index (χ3v) is 6.19. The summed E-state index contributed by atoms with van der Waals surface area (Å²) in [6.07, 6.45) is 4.46. The molecular weight excluding hydrogens is 358 g/mol. The fourth-order valence-corrected chi connectivity index (χ4v) is 4.25. The highest BCUT2D eigenvalue weighted by Gasteiger charge is 2.53. The van der Waals surface area contributed by atoms with Crippen molar-refractivity contribution in [2.24, 2.45) is 0 Å². The third kappa shape index (κ3) is 2.86. The number of hydrogen-bond acceptors (Lipinski definition) is 4. The first-order valence-corrected chi connectivity index (χ1v) is 9.99. The van der Waals surface area contributed by atoms with Crippen molar-refractivity contribution in [3.63, 3.8) is 0 Å². The van der Waals surface area contributed by atoms with Crippen molar-refractivity contribution in [2.45, 2.75) is 24.7 Å². The Morgan fingerprint density at radius 3 is 2.96 bits per heavy atom. The Balaban J connectivity index is 1.26. The fourth-order valence-electron chi connectivity index (χ4n) is 3.58. The van der Waals surface area contributed by atoms with Crippen LogP contribution in [0.25, 0.3) is 21.5 Å². The van der Waals surface area contributed by atoms with E-state index in [2.05, 4.69) is 27.6 Å². The summed E-state index contributed by atoms with van der Waals surface area (Å²) in [4.78, 5) is 17.1. The number of carbonyl (C=O) groups excluding carboxylic acids is 1. The lowest BCUT2D eigenvalue weighted by Crippen LogP contribution is -2.36. The van der Waals surface area contributed by atoms with Gasteiger partial charge in [-0.2, -0.15) is 0 Å². The van der Waals surface area contributed by atoms with Gasteiger partial charge in [-0.1, -0.05) is 29.4 Å². The molecule has 27 heavy (non-hydrogen) atoms. The molecule has 0 radical (unpaired) electrons. The van der Waals surface area contributed by atoms with Crippen molar-refractivity contribution in [1.82, 2.24) is 15.5 Å². The molecule has 3 aromatic heterocycles. The number of carbonyl (C=O) groups is 1. The molecule has 1 aliphatic rings. The Morgan fingerprint density at radius 1 is 1.26 bits per heavy atom. The minimum atomic E-state index is -0.515. The lowest BCUT2D eigenvalue weighted by atomic mass is 10.0. The van der Waals surface area contributed by atoms with Crippen molar-refractivity contribution >= 4 is 28.1 Å². The second-order valence-corrected chi connectivity index (χ2v) is 7.95. The Morgan fingerprint density at radius 2 is 2.15 bits per heavy atom. The van der Waals surface area contributed by atoms with E-state index in [4.69, 9.17) is 4.52 Å². The minimum Gasteiger partial charge on any atom is -0.361 e. The van der Waals surface area contributed by atoms with Gasteiger partial charge in [0.2, 0.25) is 5.91 Å². The van der Waals surface area contributed by atoms with Gasteiger partial charge in [0.15, 0.2) is 5.76 Å². The van der Waals surface area contributed by atoms with Gasteiger partial charge in [-0.25, -0.2) is 0 Å². The van der Waals surface area contributed by atoms with Crippen LogP contribution in [0.2, 0.25) is 0 Å². The summed E-state index contributed by atoms with van der Waals surface area (Å²) in [5.41, 5.74) is 2.58. The van der Waals surface area contributed by atoms with Crippen LogP contribution in [0.1, 0.15) is 24.1 Å². The normalized spacial score (nSPS) is 15.1. The molecule has 0 spiro atoms. The second-order valence-electron chi connectivity index (χ2n) is 7.00. The molecule has 2 N–H and O–H groups in total. The standard InChI is InChI=1S/C21H19N3O2S/c25-20(22-10-7-14-13-23-16-5-2-1-4-15(14)16)21(8-9-21)19-12-17(26-24-19)18-6-3-11-27-18/h1-6,11-13,23H,7-10H2,(H,22,25). The van der Waals surface area contributed by atoms with Crippen LogP contribution in [0.3, 0.4) is 0 Å². The van der Waals surface area contributed by atoms with E-state index in [0.717, 1.165) is 41.1 Å². The molecule has 6 heteroatoms. The van der Waals surface area contributed by atoms with Crippen LogP contribution in [0.5, 0.6) is 0 Å². The van der Waals surface area contributed by atoms with Gasteiger partial charge in [0.05, 0.1) is 16.0 Å². The van der Waals surface area contributed by atoms with E-state index >= 15 is 0 Å². The number of nitrogens with one attached hydrogen (secondary N) is 2. The molecule has 0 saturated heterocycles. The molecule has 1 aliphatic carbocycles. The van der Waals surface area contributed by atoms with Crippen molar-refractivity contribution in [3.8, 4) is 10.6 Å². The van der Waals surface area contributed by atoms with Gasteiger partial charge in [-0.15, -0.1) is 11.3 Å². The molecule has 0 atom stereocenters. The van der Waals surface area contributed by atoms with E-state index in [1.165, 1.54) is 10.9 Å². The van der Waals surface area contributed by atoms with Crippen LogP contribution >= 0.6 is 11.3 Å². The summed E-state index contributed by atoms with van der Waals surface area (Å²) in [6.45, 7) is 0.609. The number of thiophene rings is 1. The lowest BCUT2D eigenvalue weighted by Gasteiger charge is -2.12. The number of amides is 1. The maximum atomic E-state index is 12.8. The Hall–Kier alpha value is -2.86. The summed E-state index contributed by atoms with van der Waals surface area (Å²) >= 11 is 1.60. The van der Waals surface area contributed by atoms with Gasteiger partial charge in [0.25, 0.3) is 0 Å². The molecule has 1 amide bonds. The van der Waals surface area contributed by atoms with E-state index in [0.29, 0.717) is 6.54 Å². The molecule has 1 fully saturated rings. The fraction of sp³-hybridized carbons (Fsp3) is 0.238. The number of aromatic amines is 1. The maximum Gasteiger partial charge on any atom is 0.232 e. The van der Waals surface area contributed by atoms with Crippen molar-refractivity contribution in [2.75, 3.05) is 6.54 Å². The highest BCUT2D eigenvalue weighted by atomic mass is 32.1. The molecule has 4 aromatic rings. The maximum absolute atomic E-state index is 12.8. The highest BCUT2D eigenvalue weighted by Crippen LogP contribution is 2.48. The zero-order valence-electron chi connectivity index (χ0n) is 14.7. The van der Waals surface area contributed by atoms with Crippen LogP contribution in [0.15, 0.2) is 58.6 Å². The van der Waals surface area contributed by atoms with Gasteiger partial charge in [0, 0.05) is 29.7 Å². The molecule has 0 aliphatic heterocycles. The molecule has 0 unspecified atom stereocenters. The monoisotopic (exact) mass is 377 g/mol. The molecule has 3 heterocycles. The molecule has 136 valence electrons. The van der Waals surface area contributed by atoms with Crippen molar-refractivity contribution in [3.05, 3.63) is 65.3 Å². The summed E-state index contributed by atoms with van der Waals surface area (Å²) in [5.74, 6) is 0.784. The largest absolute Gasteiger partial charge is 0.361 e. The SMILES string of the molecule is O=C(NCCc1c[nH]c2ccccc12)C1(c2cc(-c3cccs3)on2)CC1. The number of fused-ring (bicyclic) bond motifs is 1. The molecule has 1 saturated carbocycles. The van der Waals surface area contributed by atoms with Gasteiger partial charge in [0.1, 0.15) is 0 Å². The molecule has 5 nitrogen and oxygen atoms in total. The molecule has 0 bridgehead atoms. The Bertz CT molecular complexity index is 1090. The number of nitrogens with zero attached hydrogens (tertiary/aromatic N) is 1. The second kappa shape index (κ2) is 6.39. The van der Waals surface area contributed by atoms with Gasteiger partial charge in [-0.3, -0.25) is 4.79 Å². The average Bonchev–Trinajstić information content (AvgIpc) is 3.11. The number of hydrogen-bond donors (Lipinski definition) is 2. The van der Waals surface area contributed by atoms with Gasteiger partial charge < -0.3 is 14.8 Å². The van der Waals surface area contributed by atoms with Crippen LogP contribution in [-0.2, 0) is 16.6 Å². The lowest BCUT2D eigenvalue weighted by molar-refractivity contribution is -0.123. The van der Waals surface area contributed by atoms with Crippen molar-refractivity contribution < 1.29 is 9.32 Å². The average molecular weight is 377 g/mol. The molecular formula is C21H19N3O2S. The summed E-state index contributed by atoms with van der Waals surface area (Å²) in [5, 5.41) is 10.5. The predicted octanol–water partition coefficient (Wildman–Crippen LogP) is 4.27. The highest BCUT2D eigenvalue weighted by molar-refractivity contribution is 7.13. The number of para-hydroxylation sites is 1. The Kier molecular flexibility index (Phi) is 3.86. The van der Waals surface area contributed by atoms with Crippen LogP contribution in [0, 0.1) is 0 Å².